The molecule has 0 radical (unpaired) electrons. The summed E-state index contributed by atoms with van der Waals surface area (Å²) in [5, 5.41) is 20.0. The number of nitrogen functional groups attached to an aromatic ring is 1. The molecular weight excluding hydrogens is 248 g/mol. The Labute approximate surface area is 111 Å². The molecular formula is C12H18N4O3. The number of aliphatic hydroxyl groups excluding tert-OH is 1. The molecule has 0 aliphatic carbocycles. The smallest absolute Gasteiger partial charge is 0.276 e. The molecule has 7 heteroatoms. The van der Waals surface area contributed by atoms with Crippen molar-refractivity contribution in [3.63, 3.8) is 0 Å². The highest BCUT2D eigenvalue weighted by Crippen LogP contribution is 2.28. The number of hydrogen-bond acceptors (Lipinski definition) is 6. The number of pyridine rings is 1. The van der Waals surface area contributed by atoms with Gasteiger partial charge in [-0.3, -0.25) is 10.1 Å². The molecule has 3 N–H and O–H groups in total. The molecule has 2 rings (SSSR count). The van der Waals surface area contributed by atoms with Crippen LogP contribution in [0.25, 0.3) is 0 Å². The number of anilines is 2. The fraction of sp³-hybridized carbons (Fsp3) is 0.583. The van der Waals surface area contributed by atoms with Crippen molar-refractivity contribution < 1.29 is 10.0 Å². The van der Waals surface area contributed by atoms with Gasteiger partial charge >= 0.3 is 0 Å². The molecule has 0 bridgehead atoms. The van der Waals surface area contributed by atoms with Crippen molar-refractivity contribution >= 4 is 17.3 Å². The summed E-state index contributed by atoms with van der Waals surface area (Å²) in [5.41, 5.74) is 5.59. The first-order chi connectivity index (χ1) is 9.11. The first-order valence-corrected chi connectivity index (χ1v) is 6.41. The van der Waals surface area contributed by atoms with E-state index in [2.05, 4.69) is 4.98 Å². The lowest BCUT2D eigenvalue weighted by Gasteiger charge is -2.36. The maximum absolute atomic E-state index is 10.9. The van der Waals surface area contributed by atoms with E-state index in [1.165, 1.54) is 12.1 Å². The summed E-state index contributed by atoms with van der Waals surface area (Å²) in [5.74, 6) is 0.683. The topological polar surface area (TPSA) is 106 Å². The van der Waals surface area contributed by atoms with Crippen molar-refractivity contribution in [1.29, 1.82) is 0 Å². The van der Waals surface area contributed by atoms with E-state index in [0.29, 0.717) is 12.2 Å². The van der Waals surface area contributed by atoms with E-state index in [4.69, 9.17) is 10.8 Å². The highest BCUT2D eigenvalue weighted by Gasteiger charge is 2.24. The van der Waals surface area contributed by atoms with Crippen LogP contribution in [-0.4, -0.2) is 34.2 Å². The zero-order valence-electron chi connectivity index (χ0n) is 10.7. The van der Waals surface area contributed by atoms with Crippen molar-refractivity contribution in [2.24, 2.45) is 0 Å². The molecule has 1 aliphatic rings. The van der Waals surface area contributed by atoms with Crippen LogP contribution in [0.4, 0.5) is 17.3 Å². The Morgan fingerprint density at radius 3 is 3.00 bits per heavy atom. The largest absolute Gasteiger partial charge is 0.396 e. The molecule has 1 fully saturated rings. The summed E-state index contributed by atoms with van der Waals surface area (Å²) in [6.45, 7) is 0.893. The zero-order chi connectivity index (χ0) is 13.8. The molecule has 2 heterocycles. The van der Waals surface area contributed by atoms with E-state index >= 15 is 0 Å². The summed E-state index contributed by atoms with van der Waals surface area (Å²) in [6, 6.07) is 2.88. The molecule has 0 aromatic carbocycles. The van der Waals surface area contributed by atoms with E-state index in [9.17, 15) is 10.1 Å². The van der Waals surface area contributed by atoms with Crippen LogP contribution in [0.2, 0.25) is 0 Å². The van der Waals surface area contributed by atoms with Gasteiger partial charge in [0.05, 0.1) is 17.1 Å². The summed E-state index contributed by atoms with van der Waals surface area (Å²) in [6.07, 6.45) is 3.73. The van der Waals surface area contributed by atoms with Gasteiger partial charge in [0.25, 0.3) is 5.69 Å². The number of piperidine rings is 1. The van der Waals surface area contributed by atoms with Gasteiger partial charge < -0.3 is 15.7 Å². The Bertz CT molecular complexity index is 464. The standard InChI is InChI=1S/C12H18N4O3/c13-11-7-10(16(18)19)8-12(14-11)15-5-2-1-3-9(15)4-6-17/h7-9,17H,1-6H2,(H2,13,14). The molecule has 1 aliphatic heterocycles. The molecule has 7 nitrogen and oxygen atoms in total. The number of rotatable bonds is 4. The van der Waals surface area contributed by atoms with Crippen LogP contribution in [0.1, 0.15) is 25.7 Å². The second-order valence-corrected chi connectivity index (χ2v) is 4.72. The monoisotopic (exact) mass is 266 g/mol. The Balaban J connectivity index is 2.30. The quantitative estimate of drug-likeness (QED) is 0.628. The van der Waals surface area contributed by atoms with Crippen LogP contribution < -0.4 is 10.6 Å². The second-order valence-electron chi connectivity index (χ2n) is 4.72. The predicted octanol–water partition coefficient (Wildman–Crippen LogP) is 1.31. The average molecular weight is 266 g/mol. The van der Waals surface area contributed by atoms with E-state index in [1.807, 2.05) is 4.90 Å². The maximum Gasteiger partial charge on any atom is 0.276 e. The lowest BCUT2D eigenvalue weighted by atomic mass is 9.99. The lowest BCUT2D eigenvalue weighted by Crippen LogP contribution is -2.40. The summed E-state index contributed by atoms with van der Waals surface area (Å²) >= 11 is 0. The van der Waals surface area contributed by atoms with E-state index in [-0.39, 0.29) is 24.2 Å². The molecule has 0 saturated carbocycles. The van der Waals surface area contributed by atoms with Gasteiger partial charge in [0, 0.05) is 19.2 Å². The first kappa shape index (κ1) is 13.5. The van der Waals surface area contributed by atoms with Gasteiger partial charge in [0.15, 0.2) is 0 Å². The van der Waals surface area contributed by atoms with Gasteiger partial charge in [-0.25, -0.2) is 4.98 Å². The van der Waals surface area contributed by atoms with Crippen molar-refractivity contribution in [3.05, 3.63) is 22.2 Å². The average Bonchev–Trinajstić information content (AvgIpc) is 2.39. The third-order valence-electron chi connectivity index (χ3n) is 3.41. The van der Waals surface area contributed by atoms with Crippen LogP contribution in [0.15, 0.2) is 12.1 Å². The predicted molar refractivity (Wildman–Crippen MR) is 72.0 cm³/mol. The van der Waals surface area contributed by atoms with Crippen LogP contribution in [0, 0.1) is 10.1 Å². The molecule has 1 saturated heterocycles. The number of nitrogens with zero attached hydrogens (tertiary/aromatic N) is 3. The Morgan fingerprint density at radius 2 is 2.32 bits per heavy atom. The molecule has 0 spiro atoms. The normalized spacial score (nSPS) is 19.4. The summed E-state index contributed by atoms with van der Waals surface area (Å²) in [7, 11) is 0. The zero-order valence-corrected chi connectivity index (χ0v) is 10.7. The molecule has 0 amide bonds. The molecule has 1 unspecified atom stereocenters. The number of nitrogens with two attached hydrogens (primary N) is 1. The van der Waals surface area contributed by atoms with E-state index in [1.54, 1.807) is 0 Å². The van der Waals surface area contributed by atoms with Crippen molar-refractivity contribution in [2.45, 2.75) is 31.7 Å². The van der Waals surface area contributed by atoms with Crippen LogP contribution in [0.3, 0.4) is 0 Å². The van der Waals surface area contributed by atoms with E-state index < -0.39 is 4.92 Å². The number of aliphatic hydroxyl groups is 1. The summed E-state index contributed by atoms with van der Waals surface area (Å²) < 4.78 is 0. The van der Waals surface area contributed by atoms with Crippen LogP contribution in [0.5, 0.6) is 0 Å². The van der Waals surface area contributed by atoms with Crippen molar-refractivity contribution in [2.75, 3.05) is 23.8 Å². The molecule has 19 heavy (non-hydrogen) atoms. The number of nitro groups is 1. The minimum absolute atomic E-state index is 0.0455. The van der Waals surface area contributed by atoms with E-state index in [0.717, 1.165) is 25.8 Å². The van der Waals surface area contributed by atoms with Crippen LogP contribution in [-0.2, 0) is 0 Å². The minimum atomic E-state index is -0.466. The SMILES string of the molecule is Nc1cc([N+](=O)[O-])cc(N2CCCCC2CCO)n1. The fourth-order valence-corrected chi connectivity index (χ4v) is 2.53. The van der Waals surface area contributed by atoms with Gasteiger partial charge in [0.1, 0.15) is 11.6 Å². The molecule has 1 atom stereocenters. The summed E-state index contributed by atoms with van der Waals surface area (Å²) in [4.78, 5) is 16.6. The molecule has 1 aromatic heterocycles. The van der Waals surface area contributed by atoms with Crippen LogP contribution >= 0.6 is 0 Å². The lowest BCUT2D eigenvalue weighted by molar-refractivity contribution is -0.384. The third-order valence-corrected chi connectivity index (χ3v) is 3.41. The number of hydrogen-bond donors (Lipinski definition) is 2. The minimum Gasteiger partial charge on any atom is -0.396 e. The van der Waals surface area contributed by atoms with Gasteiger partial charge in [0.2, 0.25) is 0 Å². The Morgan fingerprint density at radius 1 is 1.53 bits per heavy atom. The highest BCUT2D eigenvalue weighted by atomic mass is 16.6. The van der Waals surface area contributed by atoms with Gasteiger partial charge in [-0.15, -0.1) is 0 Å². The fourth-order valence-electron chi connectivity index (χ4n) is 2.53. The Kier molecular flexibility index (Phi) is 4.16. The first-order valence-electron chi connectivity index (χ1n) is 6.41. The van der Waals surface area contributed by atoms with Crippen molar-refractivity contribution in [1.82, 2.24) is 4.98 Å². The second kappa shape index (κ2) is 5.83. The Hall–Kier alpha value is -1.89. The van der Waals surface area contributed by atoms with Gasteiger partial charge in [-0.2, -0.15) is 0 Å². The maximum atomic E-state index is 10.9. The highest BCUT2D eigenvalue weighted by molar-refractivity contribution is 5.54. The van der Waals surface area contributed by atoms with Crippen molar-refractivity contribution in [3.8, 4) is 0 Å². The molecule has 1 aromatic rings. The third kappa shape index (κ3) is 3.11. The van der Waals surface area contributed by atoms with Gasteiger partial charge in [-0.05, 0) is 25.7 Å². The molecule has 104 valence electrons. The van der Waals surface area contributed by atoms with Gasteiger partial charge in [-0.1, -0.05) is 0 Å². The number of aromatic nitrogens is 1.